The van der Waals surface area contributed by atoms with E-state index in [0.29, 0.717) is 12.0 Å². The molecule has 1 saturated heterocycles. The second-order valence-corrected chi connectivity index (χ2v) is 5.80. The van der Waals surface area contributed by atoms with Crippen LogP contribution in [0.5, 0.6) is 0 Å². The number of rotatable bonds is 4. The minimum atomic E-state index is 0.0906. The Morgan fingerprint density at radius 3 is 2.41 bits per heavy atom. The van der Waals surface area contributed by atoms with Crippen LogP contribution in [-0.2, 0) is 4.74 Å². The van der Waals surface area contributed by atoms with Gasteiger partial charge in [-0.15, -0.1) is 0 Å². The maximum Gasteiger partial charge on any atom is 0.127 e. The molecule has 1 aliphatic heterocycles. The molecule has 0 saturated carbocycles. The largest absolute Gasteiger partial charge is 0.380 e. The molecule has 98 valence electrons. The molecule has 1 unspecified atom stereocenters. The summed E-state index contributed by atoms with van der Waals surface area (Å²) in [5.41, 5.74) is 1.39. The van der Waals surface area contributed by atoms with Crippen LogP contribution in [0.15, 0.2) is 16.4 Å². The van der Waals surface area contributed by atoms with E-state index >= 15 is 0 Å². The first-order valence-electron chi connectivity index (χ1n) is 6.31. The lowest BCUT2D eigenvalue weighted by Crippen LogP contribution is -2.37. The summed E-state index contributed by atoms with van der Waals surface area (Å²) in [6, 6.07) is 0. The van der Waals surface area contributed by atoms with Crippen LogP contribution in [0, 0.1) is 5.92 Å². The maximum atomic E-state index is 5.49. The minimum absolute atomic E-state index is 0.0906. The van der Waals surface area contributed by atoms with Gasteiger partial charge in [-0.05, 0) is 45.4 Å². The highest BCUT2D eigenvalue weighted by Gasteiger charge is 2.40. The van der Waals surface area contributed by atoms with Gasteiger partial charge in [-0.3, -0.25) is 0 Å². The quantitative estimate of drug-likeness (QED) is 0.703. The molecule has 1 rings (SSSR count). The number of likely N-dealkylation sites (tertiary alicyclic amines) is 1. The van der Waals surface area contributed by atoms with Crippen molar-refractivity contribution in [1.82, 2.24) is 4.90 Å². The highest BCUT2D eigenvalue weighted by Crippen LogP contribution is 2.35. The molecule has 1 atom stereocenters. The summed E-state index contributed by atoms with van der Waals surface area (Å²) >= 11 is 0. The molecule has 3 heteroatoms. The van der Waals surface area contributed by atoms with Gasteiger partial charge in [0.05, 0.1) is 6.10 Å². The Bertz CT molecular complexity index is 318. The van der Waals surface area contributed by atoms with Gasteiger partial charge < -0.3 is 9.64 Å². The Morgan fingerprint density at radius 1 is 1.47 bits per heavy atom. The van der Waals surface area contributed by atoms with Gasteiger partial charge in [-0.1, -0.05) is 13.8 Å². The average Bonchev–Trinajstić information content (AvgIpc) is 2.55. The first kappa shape index (κ1) is 14.2. The molecule has 0 amide bonds. The number of hydrogen-bond donors (Lipinski definition) is 0. The van der Waals surface area contributed by atoms with Crippen molar-refractivity contribution in [3.05, 3.63) is 11.4 Å². The van der Waals surface area contributed by atoms with Crippen molar-refractivity contribution in [2.24, 2.45) is 10.9 Å². The van der Waals surface area contributed by atoms with E-state index in [-0.39, 0.29) is 5.54 Å². The molecule has 1 aliphatic rings. The summed E-state index contributed by atoms with van der Waals surface area (Å²) in [4.78, 5) is 6.59. The number of methoxy groups -OCH3 is 1. The first-order valence-corrected chi connectivity index (χ1v) is 6.31. The third kappa shape index (κ3) is 2.89. The Balaban J connectivity index is 3.05. The lowest BCUT2D eigenvalue weighted by atomic mass is 9.99. The zero-order valence-corrected chi connectivity index (χ0v) is 12.1. The predicted molar refractivity (Wildman–Crippen MR) is 73.3 cm³/mol. The topological polar surface area (TPSA) is 24.8 Å². The number of nitrogens with zero attached hydrogens (tertiary/aromatic N) is 2. The molecule has 0 aromatic heterocycles. The van der Waals surface area contributed by atoms with Crippen LogP contribution in [0.1, 0.15) is 41.0 Å². The van der Waals surface area contributed by atoms with Gasteiger partial charge in [-0.2, -0.15) is 0 Å². The van der Waals surface area contributed by atoms with Crippen LogP contribution in [0.25, 0.3) is 0 Å². The molecule has 0 spiro atoms. The SMILES string of the molecule is C=N/C(=C(\C)C(C)C)N1CC(OC)CC1(C)C. The van der Waals surface area contributed by atoms with Crippen LogP contribution in [-0.4, -0.2) is 36.9 Å². The van der Waals surface area contributed by atoms with Crippen molar-refractivity contribution >= 4 is 6.72 Å². The van der Waals surface area contributed by atoms with Gasteiger partial charge in [-0.25, -0.2) is 4.99 Å². The molecule has 3 nitrogen and oxygen atoms in total. The molecule has 0 bridgehead atoms. The fourth-order valence-electron chi connectivity index (χ4n) is 2.39. The molecule has 0 aromatic carbocycles. The normalized spacial score (nSPS) is 25.1. The van der Waals surface area contributed by atoms with Crippen LogP contribution in [0.2, 0.25) is 0 Å². The highest BCUT2D eigenvalue weighted by atomic mass is 16.5. The van der Waals surface area contributed by atoms with Gasteiger partial charge in [0.25, 0.3) is 0 Å². The third-order valence-electron chi connectivity index (χ3n) is 3.80. The molecule has 0 radical (unpaired) electrons. The molecular weight excluding hydrogens is 212 g/mol. The number of ether oxygens (including phenoxy) is 1. The maximum absolute atomic E-state index is 5.49. The minimum Gasteiger partial charge on any atom is -0.380 e. The zero-order valence-electron chi connectivity index (χ0n) is 12.1. The van der Waals surface area contributed by atoms with Gasteiger partial charge in [0.15, 0.2) is 0 Å². The number of aliphatic imine (C=N–C) groups is 1. The van der Waals surface area contributed by atoms with E-state index in [1.165, 1.54) is 5.57 Å². The average molecular weight is 238 g/mol. The van der Waals surface area contributed by atoms with Crippen molar-refractivity contribution in [2.75, 3.05) is 13.7 Å². The smallest absolute Gasteiger partial charge is 0.127 e. The Morgan fingerprint density at radius 2 is 2.06 bits per heavy atom. The highest BCUT2D eigenvalue weighted by molar-refractivity contribution is 5.31. The summed E-state index contributed by atoms with van der Waals surface area (Å²) in [6.07, 6.45) is 1.33. The lowest BCUT2D eigenvalue weighted by molar-refractivity contribution is 0.111. The van der Waals surface area contributed by atoms with Crippen molar-refractivity contribution in [1.29, 1.82) is 0 Å². The molecular formula is C14H26N2O. The standard InChI is InChI=1S/C14H26N2O/c1-10(2)11(3)13(15-6)16-9-12(17-7)8-14(16,4)5/h10,12H,6,8-9H2,1-5,7H3/b13-11-. The van der Waals surface area contributed by atoms with E-state index in [9.17, 15) is 0 Å². The molecule has 0 aromatic rings. The van der Waals surface area contributed by atoms with Crippen molar-refractivity contribution in [3.63, 3.8) is 0 Å². The van der Waals surface area contributed by atoms with E-state index in [0.717, 1.165) is 18.8 Å². The van der Waals surface area contributed by atoms with Crippen LogP contribution < -0.4 is 0 Å². The zero-order chi connectivity index (χ0) is 13.2. The molecule has 0 aliphatic carbocycles. The van der Waals surface area contributed by atoms with E-state index in [2.05, 4.69) is 51.2 Å². The first-order chi connectivity index (χ1) is 7.83. The van der Waals surface area contributed by atoms with E-state index < -0.39 is 0 Å². The fourth-order valence-corrected chi connectivity index (χ4v) is 2.39. The van der Waals surface area contributed by atoms with Crippen molar-refractivity contribution in [3.8, 4) is 0 Å². The predicted octanol–water partition coefficient (Wildman–Crippen LogP) is 3.07. The molecule has 1 heterocycles. The van der Waals surface area contributed by atoms with Crippen molar-refractivity contribution < 1.29 is 4.74 Å². The molecule has 17 heavy (non-hydrogen) atoms. The van der Waals surface area contributed by atoms with E-state index in [1.54, 1.807) is 7.11 Å². The molecule has 1 fully saturated rings. The van der Waals surface area contributed by atoms with E-state index in [4.69, 9.17) is 4.74 Å². The summed E-state index contributed by atoms with van der Waals surface area (Å²) in [7, 11) is 1.78. The summed E-state index contributed by atoms with van der Waals surface area (Å²) in [5.74, 6) is 1.53. The monoisotopic (exact) mass is 238 g/mol. The van der Waals surface area contributed by atoms with E-state index in [1.807, 2.05) is 0 Å². The van der Waals surface area contributed by atoms with Gasteiger partial charge in [0.1, 0.15) is 5.82 Å². The second kappa shape index (κ2) is 5.21. The lowest BCUT2D eigenvalue weighted by Gasteiger charge is -2.34. The third-order valence-corrected chi connectivity index (χ3v) is 3.80. The van der Waals surface area contributed by atoms with Crippen molar-refractivity contribution in [2.45, 2.75) is 52.7 Å². The van der Waals surface area contributed by atoms with Crippen LogP contribution >= 0.6 is 0 Å². The van der Waals surface area contributed by atoms with Crippen LogP contribution in [0.4, 0.5) is 0 Å². The Labute approximate surface area is 106 Å². The van der Waals surface area contributed by atoms with Gasteiger partial charge in [0, 0.05) is 19.2 Å². The molecule has 0 N–H and O–H groups in total. The van der Waals surface area contributed by atoms with Crippen LogP contribution in [0.3, 0.4) is 0 Å². The number of allylic oxidation sites excluding steroid dienone is 1. The number of hydrogen-bond acceptors (Lipinski definition) is 3. The van der Waals surface area contributed by atoms with Gasteiger partial charge in [0.2, 0.25) is 0 Å². The van der Waals surface area contributed by atoms with Gasteiger partial charge >= 0.3 is 0 Å². The fraction of sp³-hybridized carbons (Fsp3) is 0.786. The summed E-state index contributed by atoms with van der Waals surface area (Å²) in [5, 5.41) is 0. The Hall–Kier alpha value is -0.830. The second-order valence-electron chi connectivity index (χ2n) is 5.80. The summed E-state index contributed by atoms with van der Waals surface area (Å²) in [6.45, 7) is 15.6. The summed E-state index contributed by atoms with van der Waals surface area (Å²) < 4.78 is 5.49. The Kier molecular flexibility index (Phi) is 4.36.